The lowest BCUT2D eigenvalue weighted by molar-refractivity contribution is -0.141. The first kappa shape index (κ1) is 15.3. The summed E-state index contributed by atoms with van der Waals surface area (Å²) in [6.07, 6.45) is 0. The second kappa shape index (κ2) is 5.89. The molecule has 0 unspecified atom stereocenters. The summed E-state index contributed by atoms with van der Waals surface area (Å²) in [4.78, 5) is 22.9. The maximum Gasteiger partial charge on any atom is 0.325 e. The number of ether oxygens (including phenoxy) is 1. The van der Waals surface area contributed by atoms with Crippen LogP contribution >= 0.6 is 11.6 Å². The van der Waals surface area contributed by atoms with Gasteiger partial charge in [0, 0.05) is 33.2 Å². The van der Waals surface area contributed by atoms with Crippen LogP contribution in [0.15, 0.2) is 35.1 Å². The maximum absolute atomic E-state index is 11.7. The molecule has 7 heteroatoms. The molecule has 0 aliphatic carbocycles. The summed E-state index contributed by atoms with van der Waals surface area (Å²) in [5.74, 6) is -0.346. The number of nitrogens with zero attached hydrogens (tertiary/aromatic N) is 2. The molecule has 0 aliphatic heterocycles. The number of halogens is 1. The van der Waals surface area contributed by atoms with Gasteiger partial charge in [0.05, 0.1) is 12.8 Å². The highest BCUT2D eigenvalue weighted by atomic mass is 35.5. The highest BCUT2D eigenvalue weighted by Crippen LogP contribution is 2.34. The van der Waals surface area contributed by atoms with Gasteiger partial charge in [-0.3, -0.25) is 9.59 Å². The van der Waals surface area contributed by atoms with E-state index in [2.05, 4.69) is 10.2 Å². The van der Waals surface area contributed by atoms with Gasteiger partial charge < -0.3 is 9.30 Å². The molecule has 0 fully saturated rings. The van der Waals surface area contributed by atoms with Crippen LogP contribution in [0.25, 0.3) is 22.2 Å². The first-order valence-electron chi connectivity index (χ1n) is 6.92. The van der Waals surface area contributed by atoms with Crippen LogP contribution in [-0.4, -0.2) is 27.8 Å². The Labute approximate surface area is 136 Å². The van der Waals surface area contributed by atoms with Gasteiger partial charge in [-0.25, -0.2) is 5.10 Å². The van der Waals surface area contributed by atoms with E-state index in [4.69, 9.17) is 16.3 Å². The maximum atomic E-state index is 11.7. The Morgan fingerprint density at radius 1 is 1.35 bits per heavy atom. The first-order chi connectivity index (χ1) is 11.0. The molecular formula is C16H14ClN3O3. The number of aromatic nitrogens is 3. The molecule has 0 bridgehead atoms. The van der Waals surface area contributed by atoms with Gasteiger partial charge in [-0.05, 0) is 31.2 Å². The molecule has 23 heavy (non-hydrogen) atoms. The Hall–Kier alpha value is -2.60. The number of carbonyl (C=O) groups is 1. The molecule has 2 aromatic heterocycles. The Morgan fingerprint density at radius 3 is 2.78 bits per heavy atom. The highest BCUT2D eigenvalue weighted by Gasteiger charge is 2.18. The summed E-state index contributed by atoms with van der Waals surface area (Å²) >= 11 is 6.12. The average molecular weight is 332 g/mol. The van der Waals surface area contributed by atoms with E-state index in [0.717, 1.165) is 22.2 Å². The van der Waals surface area contributed by atoms with E-state index in [-0.39, 0.29) is 18.1 Å². The van der Waals surface area contributed by atoms with Crippen LogP contribution in [0.1, 0.15) is 5.69 Å². The number of methoxy groups -OCH3 is 1. The predicted molar refractivity (Wildman–Crippen MR) is 87.6 cm³/mol. The number of H-pyrrole nitrogens is 1. The third kappa shape index (κ3) is 2.73. The number of aromatic amines is 1. The Balaban J connectivity index is 2.30. The van der Waals surface area contributed by atoms with Crippen LogP contribution in [0, 0.1) is 6.92 Å². The number of hydrogen-bond donors (Lipinski definition) is 1. The summed E-state index contributed by atoms with van der Waals surface area (Å²) in [6, 6.07) is 8.49. The number of benzene rings is 1. The van der Waals surface area contributed by atoms with E-state index in [9.17, 15) is 9.59 Å². The van der Waals surface area contributed by atoms with Crippen molar-refractivity contribution in [3.8, 4) is 11.3 Å². The lowest BCUT2D eigenvalue weighted by atomic mass is 10.1. The number of rotatable bonds is 3. The largest absolute Gasteiger partial charge is 0.468 e. The fourth-order valence-corrected chi connectivity index (χ4v) is 2.83. The molecule has 1 aromatic carbocycles. The monoisotopic (exact) mass is 331 g/mol. The van der Waals surface area contributed by atoms with Crippen molar-refractivity contribution in [2.75, 3.05) is 7.11 Å². The van der Waals surface area contributed by atoms with Gasteiger partial charge in [-0.1, -0.05) is 11.6 Å². The van der Waals surface area contributed by atoms with Crippen LogP contribution in [0.5, 0.6) is 0 Å². The topological polar surface area (TPSA) is 77.0 Å². The number of nitrogens with one attached hydrogen (secondary N) is 1. The standard InChI is InChI=1S/C16H14ClN3O3/c1-9-16(12-4-6-14(21)19-18-12)11-7-10(17)3-5-13(11)20(9)8-15(22)23-2/h3-7H,8H2,1-2H3,(H,19,21). The van der Waals surface area contributed by atoms with Crippen LogP contribution in [0.4, 0.5) is 0 Å². The van der Waals surface area contributed by atoms with Crippen molar-refractivity contribution in [3.05, 3.63) is 51.4 Å². The first-order valence-corrected chi connectivity index (χ1v) is 7.30. The van der Waals surface area contributed by atoms with Gasteiger partial charge in [-0.15, -0.1) is 0 Å². The van der Waals surface area contributed by atoms with Crippen LogP contribution in [0.3, 0.4) is 0 Å². The van der Waals surface area contributed by atoms with Crippen LogP contribution in [0.2, 0.25) is 5.02 Å². The van der Waals surface area contributed by atoms with Crippen LogP contribution < -0.4 is 5.56 Å². The lowest BCUT2D eigenvalue weighted by Gasteiger charge is -2.07. The zero-order chi connectivity index (χ0) is 16.6. The molecule has 0 atom stereocenters. The smallest absolute Gasteiger partial charge is 0.325 e. The summed E-state index contributed by atoms with van der Waals surface area (Å²) in [5.41, 5.74) is 2.84. The van der Waals surface area contributed by atoms with Crippen molar-refractivity contribution in [3.63, 3.8) is 0 Å². The van der Waals surface area contributed by atoms with Crippen LogP contribution in [-0.2, 0) is 16.1 Å². The van der Waals surface area contributed by atoms with Crippen molar-refractivity contribution in [1.82, 2.24) is 14.8 Å². The third-order valence-corrected chi connectivity index (χ3v) is 3.97. The fourth-order valence-electron chi connectivity index (χ4n) is 2.66. The van der Waals surface area contributed by atoms with Gasteiger partial charge in [0.1, 0.15) is 6.54 Å². The molecule has 0 radical (unpaired) electrons. The molecule has 2 heterocycles. The SMILES string of the molecule is COC(=O)Cn1c(C)c(-c2ccc(=O)[nH]n2)c2cc(Cl)ccc21. The Bertz CT molecular complexity index is 939. The van der Waals surface area contributed by atoms with E-state index < -0.39 is 0 Å². The summed E-state index contributed by atoms with van der Waals surface area (Å²) < 4.78 is 6.61. The molecule has 0 spiro atoms. The number of fused-ring (bicyclic) bond motifs is 1. The minimum Gasteiger partial charge on any atom is -0.468 e. The predicted octanol–water partition coefficient (Wildman–Crippen LogP) is 2.53. The van der Waals surface area contributed by atoms with E-state index in [0.29, 0.717) is 10.7 Å². The molecule has 0 aliphatic rings. The molecule has 0 saturated heterocycles. The molecule has 1 N–H and O–H groups in total. The zero-order valence-electron chi connectivity index (χ0n) is 12.6. The molecule has 6 nitrogen and oxygen atoms in total. The fraction of sp³-hybridized carbons (Fsp3) is 0.188. The number of hydrogen-bond acceptors (Lipinski definition) is 4. The normalized spacial score (nSPS) is 10.9. The summed E-state index contributed by atoms with van der Waals surface area (Å²) in [6.45, 7) is 1.97. The van der Waals surface area contributed by atoms with E-state index >= 15 is 0 Å². The van der Waals surface area contributed by atoms with Crippen molar-refractivity contribution in [1.29, 1.82) is 0 Å². The van der Waals surface area contributed by atoms with Gasteiger partial charge in [-0.2, -0.15) is 5.10 Å². The van der Waals surface area contributed by atoms with Gasteiger partial charge >= 0.3 is 5.97 Å². The van der Waals surface area contributed by atoms with Crippen molar-refractivity contribution in [2.24, 2.45) is 0 Å². The average Bonchev–Trinajstić information content (AvgIpc) is 2.80. The van der Waals surface area contributed by atoms with Crippen molar-refractivity contribution in [2.45, 2.75) is 13.5 Å². The Kier molecular flexibility index (Phi) is 3.92. The summed E-state index contributed by atoms with van der Waals surface area (Å²) in [7, 11) is 1.35. The third-order valence-electron chi connectivity index (χ3n) is 3.74. The number of carbonyl (C=O) groups excluding carboxylic acids is 1. The number of esters is 1. The van der Waals surface area contributed by atoms with E-state index in [1.54, 1.807) is 12.1 Å². The molecule has 0 amide bonds. The summed E-state index contributed by atoms with van der Waals surface area (Å²) in [5, 5.41) is 7.96. The van der Waals surface area contributed by atoms with Gasteiger partial charge in [0.25, 0.3) is 5.56 Å². The van der Waals surface area contributed by atoms with Gasteiger partial charge in [0.2, 0.25) is 0 Å². The van der Waals surface area contributed by atoms with Crippen molar-refractivity contribution < 1.29 is 9.53 Å². The zero-order valence-corrected chi connectivity index (χ0v) is 13.3. The minimum atomic E-state index is -0.346. The molecule has 3 aromatic rings. The molecule has 118 valence electrons. The molecule has 0 saturated carbocycles. The van der Waals surface area contributed by atoms with E-state index in [1.165, 1.54) is 13.2 Å². The second-order valence-electron chi connectivity index (χ2n) is 5.09. The molecular weight excluding hydrogens is 318 g/mol. The Morgan fingerprint density at radius 2 is 2.13 bits per heavy atom. The lowest BCUT2D eigenvalue weighted by Crippen LogP contribution is -2.12. The quantitative estimate of drug-likeness (QED) is 0.748. The second-order valence-corrected chi connectivity index (χ2v) is 5.53. The van der Waals surface area contributed by atoms with E-state index in [1.807, 2.05) is 23.6 Å². The van der Waals surface area contributed by atoms with Crippen molar-refractivity contribution >= 4 is 28.5 Å². The van der Waals surface area contributed by atoms with Gasteiger partial charge in [0.15, 0.2) is 0 Å². The minimum absolute atomic E-state index is 0.0871. The molecule has 3 rings (SSSR count). The highest BCUT2D eigenvalue weighted by molar-refractivity contribution is 6.31.